The van der Waals surface area contributed by atoms with Gasteiger partial charge in [0.1, 0.15) is 11.6 Å². The van der Waals surface area contributed by atoms with Gasteiger partial charge in [-0.2, -0.15) is 0 Å². The van der Waals surface area contributed by atoms with Gasteiger partial charge in [0.15, 0.2) is 0 Å². The normalized spacial score (nSPS) is 12.7. The molecule has 0 saturated heterocycles. The minimum atomic E-state index is -0.851. The van der Waals surface area contributed by atoms with E-state index >= 15 is 0 Å². The number of hydrogen-bond donors (Lipinski definition) is 2. The number of rotatable bonds is 3. The Morgan fingerprint density at radius 1 is 1.28 bits per heavy atom. The van der Waals surface area contributed by atoms with E-state index in [0.29, 0.717) is 16.3 Å². The number of thiophene rings is 1. The molecular weight excluding hydrogens is 256 g/mol. The second kappa shape index (κ2) is 5.04. The number of anilines is 1. The quantitative estimate of drug-likeness (QED) is 0.892. The summed E-state index contributed by atoms with van der Waals surface area (Å²) in [4.78, 5) is 0.444. The molecule has 1 aromatic heterocycles. The Hall–Kier alpha value is -1.46. The molecule has 1 heterocycles. The lowest BCUT2D eigenvalue weighted by Gasteiger charge is -2.11. The second-order valence-electron chi connectivity index (χ2n) is 3.99. The van der Waals surface area contributed by atoms with Crippen LogP contribution >= 0.6 is 11.3 Å². The van der Waals surface area contributed by atoms with Crippen molar-refractivity contribution in [1.29, 1.82) is 0 Å². The molecule has 1 atom stereocenters. The fourth-order valence-electron chi connectivity index (χ4n) is 1.74. The third kappa shape index (κ3) is 2.37. The Balaban J connectivity index is 2.50. The van der Waals surface area contributed by atoms with Crippen molar-refractivity contribution in [3.8, 4) is 10.4 Å². The molecule has 5 heteroatoms. The first-order valence-corrected chi connectivity index (χ1v) is 6.37. The lowest BCUT2D eigenvalue weighted by molar-refractivity contribution is 0.173. The summed E-state index contributed by atoms with van der Waals surface area (Å²) in [7, 11) is 0. The van der Waals surface area contributed by atoms with Gasteiger partial charge in [-0.15, -0.1) is 11.3 Å². The van der Waals surface area contributed by atoms with E-state index in [1.807, 2.05) is 0 Å². The first kappa shape index (κ1) is 13.0. The summed E-state index contributed by atoms with van der Waals surface area (Å²) >= 11 is 1.12. The van der Waals surface area contributed by atoms with Gasteiger partial charge in [0.25, 0.3) is 0 Å². The molecule has 2 aromatic rings. The SMILES string of the molecule is CCC(O)c1cc(F)c(-c2ccc(N)s2)c(F)c1. The molecule has 0 radical (unpaired) electrons. The van der Waals surface area contributed by atoms with Crippen LogP contribution in [-0.2, 0) is 0 Å². The number of halogens is 2. The maximum absolute atomic E-state index is 13.9. The Kier molecular flexibility index (Phi) is 3.63. The number of hydrogen-bond acceptors (Lipinski definition) is 3. The molecule has 3 N–H and O–H groups in total. The van der Waals surface area contributed by atoms with Crippen molar-refractivity contribution in [3.63, 3.8) is 0 Å². The van der Waals surface area contributed by atoms with Gasteiger partial charge >= 0.3 is 0 Å². The molecule has 0 aliphatic rings. The van der Waals surface area contributed by atoms with E-state index in [1.54, 1.807) is 19.1 Å². The van der Waals surface area contributed by atoms with E-state index in [4.69, 9.17) is 5.73 Å². The van der Waals surface area contributed by atoms with Gasteiger partial charge in [0.2, 0.25) is 0 Å². The average Bonchev–Trinajstić information content (AvgIpc) is 2.73. The molecule has 0 saturated carbocycles. The van der Waals surface area contributed by atoms with Crippen LogP contribution in [0.4, 0.5) is 13.8 Å². The van der Waals surface area contributed by atoms with Gasteiger partial charge in [-0.3, -0.25) is 0 Å². The van der Waals surface area contributed by atoms with Crippen molar-refractivity contribution in [3.05, 3.63) is 41.5 Å². The molecule has 0 fully saturated rings. The van der Waals surface area contributed by atoms with Crippen LogP contribution in [0.25, 0.3) is 10.4 Å². The van der Waals surface area contributed by atoms with Crippen molar-refractivity contribution in [2.75, 3.05) is 5.73 Å². The van der Waals surface area contributed by atoms with Crippen LogP contribution < -0.4 is 5.73 Å². The molecule has 96 valence electrons. The monoisotopic (exact) mass is 269 g/mol. The van der Waals surface area contributed by atoms with Crippen LogP contribution in [0.1, 0.15) is 25.0 Å². The van der Waals surface area contributed by atoms with Crippen molar-refractivity contribution in [2.45, 2.75) is 19.4 Å². The summed E-state index contributed by atoms with van der Waals surface area (Å²) in [5.74, 6) is -1.36. The van der Waals surface area contributed by atoms with Crippen LogP contribution in [0.15, 0.2) is 24.3 Å². The van der Waals surface area contributed by atoms with Crippen LogP contribution in [0, 0.1) is 11.6 Å². The largest absolute Gasteiger partial charge is 0.391 e. The third-order valence-corrected chi connectivity index (χ3v) is 3.64. The van der Waals surface area contributed by atoms with Gasteiger partial charge < -0.3 is 10.8 Å². The van der Waals surface area contributed by atoms with Crippen LogP contribution in [-0.4, -0.2) is 5.11 Å². The predicted octanol–water partition coefficient (Wildman–Crippen LogP) is 3.72. The van der Waals surface area contributed by atoms with E-state index in [2.05, 4.69) is 0 Å². The minimum absolute atomic E-state index is 0.0937. The summed E-state index contributed by atoms with van der Waals surface area (Å²) in [6.45, 7) is 1.74. The van der Waals surface area contributed by atoms with E-state index in [0.717, 1.165) is 11.3 Å². The zero-order chi connectivity index (χ0) is 13.3. The highest BCUT2D eigenvalue weighted by atomic mass is 32.1. The van der Waals surface area contributed by atoms with Gasteiger partial charge in [0, 0.05) is 4.88 Å². The van der Waals surface area contributed by atoms with Crippen molar-refractivity contribution >= 4 is 16.3 Å². The topological polar surface area (TPSA) is 46.2 Å². The minimum Gasteiger partial charge on any atom is -0.391 e. The average molecular weight is 269 g/mol. The summed E-state index contributed by atoms with van der Waals surface area (Å²) in [6, 6.07) is 5.52. The van der Waals surface area contributed by atoms with Crippen molar-refractivity contribution in [2.24, 2.45) is 0 Å². The molecule has 2 nitrogen and oxygen atoms in total. The van der Waals surface area contributed by atoms with Crippen molar-refractivity contribution < 1.29 is 13.9 Å². The Labute approximate surface area is 108 Å². The van der Waals surface area contributed by atoms with Crippen LogP contribution in [0.2, 0.25) is 0 Å². The molecule has 1 unspecified atom stereocenters. The summed E-state index contributed by atoms with van der Waals surface area (Å²) in [5.41, 5.74) is 5.71. The maximum Gasteiger partial charge on any atom is 0.135 e. The summed E-state index contributed by atoms with van der Waals surface area (Å²) in [5, 5.41) is 10.1. The maximum atomic E-state index is 13.9. The molecule has 0 spiro atoms. The zero-order valence-corrected chi connectivity index (χ0v) is 10.6. The van der Waals surface area contributed by atoms with E-state index in [1.165, 1.54) is 12.1 Å². The number of aliphatic hydroxyl groups excluding tert-OH is 1. The van der Waals surface area contributed by atoms with Gasteiger partial charge in [-0.05, 0) is 36.2 Å². The van der Waals surface area contributed by atoms with Crippen LogP contribution in [0.3, 0.4) is 0 Å². The standard InChI is InChI=1S/C13H13F2NOS/c1-2-10(17)7-5-8(14)13(9(15)6-7)11-3-4-12(16)18-11/h3-6,10,17H,2,16H2,1H3. The Bertz CT molecular complexity index is 545. The molecule has 2 rings (SSSR count). The number of aliphatic hydroxyl groups is 1. The van der Waals surface area contributed by atoms with Crippen LogP contribution in [0.5, 0.6) is 0 Å². The number of nitrogens with two attached hydrogens (primary N) is 1. The smallest absolute Gasteiger partial charge is 0.135 e. The first-order chi connectivity index (χ1) is 8.52. The van der Waals surface area contributed by atoms with Crippen molar-refractivity contribution in [1.82, 2.24) is 0 Å². The molecule has 0 aliphatic carbocycles. The highest BCUT2D eigenvalue weighted by molar-refractivity contribution is 7.19. The Morgan fingerprint density at radius 3 is 2.33 bits per heavy atom. The summed E-state index contributed by atoms with van der Waals surface area (Å²) in [6.07, 6.45) is -0.444. The molecule has 0 bridgehead atoms. The van der Waals surface area contributed by atoms with E-state index < -0.39 is 17.7 Å². The fourth-order valence-corrected chi connectivity index (χ4v) is 2.57. The molecular formula is C13H13F2NOS. The van der Waals surface area contributed by atoms with Gasteiger partial charge in [0.05, 0.1) is 16.7 Å². The number of nitrogen functional groups attached to an aromatic ring is 1. The highest BCUT2D eigenvalue weighted by Gasteiger charge is 2.17. The Morgan fingerprint density at radius 2 is 1.89 bits per heavy atom. The third-order valence-electron chi connectivity index (χ3n) is 2.71. The molecule has 0 aliphatic heterocycles. The van der Waals surface area contributed by atoms with E-state index in [-0.39, 0.29) is 11.1 Å². The molecule has 18 heavy (non-hydrogen) atoms. The van der Waals surface area contributed by atoms with E-state index in [9.17, 15) is 13.9 Å². The van der Waals surface area contributed by atoms with Gasteiger partial charge in [-0.1, -0.05) is 6.92 Å². The second-order valence-corrected chi connectivity index (χ2v) is 5.10. The zero-order valence-electron chi connectivity index (χ0n) is 9.78. The summed E-state index contributed by atoms with van der Waals surface area (Å²) < 4.78 is 27.8. The van der Waals surface area contributed by atoms with Gasteiger partial charge in [-0.25, -0.2) is 8.78 Å². The predicted molar refractivity (Wildman–Crippen MR) is 69.3 cm³/mol. The molecule has 1 aromatic carbocycles. The first-order valence-electron chi connectivity index (χ1n) is 5.55. The lowest BCUT2D eigenvalue weighted by atomic mass is 10.0. The number of benzene rings is 1. The highest BCUT2D eigenvalue weighted by Crippen LogP contribution is 2.35. The lowest BCUT2D eigenvalue weighted by Crippen LogP contribution is -1.99. The fraction of sp³-hybridized carbons (Fsp3) is 0.231. The molecule has 0 amide bonds.